The van der Waals surface area contributed by atoms with Crippen molar-refractivity contribution < 1.29 is 0 Å². The van der Waals surface area contributed by atoms with Crippen LogP contribution in [0.3, 0.4) is 0 Å². The van der Waals surface area contributed by atoms with E-state index >= 15 is 0 Å². The van der Waals surface area contributed by atoms with Gasteiger partial charge >= 0.3 is 0 Å². The van der Waals surface area contributed by atoms with Crippen LogP contribution >= 0.6 is 0 Å². The van der Waals surface area contributed by atoms with Crippen LogP contribution in [0.5, 0.6) is 0 Å². The minimum atomic E-state index is 0.515. The fourth-order valence-corrected chi connectivity index (χ4v) is 4.45. The molecule has 2 nitrogen and oxygen atoms in total. The van der Waals surface area contributed by atoms with Crippen molar-refractivity contribution in [3.8, 4) is 0 Å². The standard InChI is InChI=1S/C14H26N2/c1-11-7-12(2)9-16(8-11)10-14-5-3-13(15-14)4-6-14/h11-13,15H,3-10H2,1-2H3. The van der Waals surface area contributed by atoms with E-state index in [4.69, 9.17) is 0 Å². The van der Waals surface area contributed by atoms with E-state index in [1.54, 1.807) is 0 Å². The summed E-state index contributed by atoms with van der Waals surface area (Å²) in [4.78, 5) is 2.74. The molecule has 0 amide bonds. The molecule has 0 aromatic rings. The van der Waals surface area contributed by atoms with Crippen LogP contribution in [0.4, 0.5) is 0 Å². The Kier molecular flexibility index (Phi) is 2.75. The largest absolute Gasteiger partial charge is 0.307 e. The molecule has 2 atom stereocenters. The molecule has 2 bridgehead atoms. The molecular weight excluding hydrogens is 196 g/mol. The molecule has 2 unspecified atom stereocenters. The monoisotopic (exact) mass is 222 g/mol. The van der Waals surface area contributed by atoms with Gasteiger partial charge in [-0.05, 0) is 43.9 Å². The predicted molar refractivity (Wildman–Crippen MR) is 67.5 cm³/mol. The Morgan fingerprint density at radius 1 is 1.12 bits per heavy atom. The van der Waals surface area contributed by atoms with Crippen LogP contribution in [-0.2, 0) is 0 Å². The van der Waals surface area contributed by atoms with E-state index < -0.39 is 0 Å². The molecule has 0 saturated carbocycles. The minimum absolute atomic E-state index is 0.515. The zero-order valence-corrected chi connectivity index (χ0v) is 10.8. The topological polar surface area (TPSA) is 15.3 Å². The Morgan fingerprint density at radius 2 is 1.75 bits per heavy atom. The Bertz CT molecular complexity index is 245. The Labute approximate surface area is 99.8 Å². The number of fused-ring (bicyclic) bond motifs is 2. The molecule has 3 fully saturated rings. The van der Waals surface area contributed by atoms with Gasteiger partial charge in [0.2, 0.25) is 0 Å². The molecule has 2 heteroatoms. The summed E-state index contributed by atoms with van der Waals surface area (Å²) >= 11 is 0. The maximum Gasteiger partial charge on any atom is 0.0312 e. The third-order valence-corrected chi connectivity index (χ3v) is 4.92. The molecular formula is C14H26N2. The maximum atomic E-state index is 3.88. The molecule has 0 spiro atoms. The zero-order chi connectivity index (χ0) is 11.2. The summed E-state index contributed by atoms with van der Waals surface area (Å²) in [7, 11) is 0. The van der Waals surface area contributed by atoms with Gasteiger partial charge in [0.05, 0.1) is 0 Å². The SMILES string of the molecule is CC1CC(C)CN(CC23CCC(CC2)N3)C1. The van der Waals surface area contributed by atoms with Crippen LogP contribution in [0.2, 0.25) is 0 Å². The van der Waals surface area contributed by atoms with Crippen LogP contribution in [0.1, 0.15) is 46.0 Å². The molecule has 3 rings (SSSR count). The zero-order valence-electron chi connectivity index (χ0n) is 10.8. The van der Waals surface area contributed by atoms with Gasteiger partial charge in [-0.25, -0.2) is 0 Å². The number of piperidine rings is 1. The summed E-state index contributed by atoms with van der Waals surface area (Å²) in [5.41, 5.74) is 0.515. The second-order valence-corrected chi connectivity index (χ2v) is 6.84. The molecule has 0 aromatic carbocycles. The fourth-order valence-electron chi connectivity index (χ4n) is 4.45. The first kappa shape index (κ1) is 11.0. The van der Waals surface area contributed by atoms with Crippen molar-refractivity contribution >= 4 is 0 Å². The number of hydrogen-bond donors (Lipinski definition) is 1. The van der Waals surface area contributed by atoms with Gasteiger partial charge in [-0.1, -0.05) is 13.8 Å². The summed E-state index contributed by atoms with van der Waals surface area (Å²) in [6, 6.07) is 0.861. The van der Waals surface area contributed by atoms with Crippen molar-refractivity contribution in [1.29, 1.82) is 0 Å². The van der Waals surface area contributed by atoms with Gasteiger partial charge in [-0.2, -0.15) is 0 Å². The average molecular weight is 222 g/mol. The van der Waals surface area contributed by atoms with Crippen molar-refractivity contribution in [1.82, 2.24) is 10.2 Å². The lowest BCUT2D eigenvalue weighted by Gasteiger charge is -2.40. The van der Waals surface area contributed by atoms with E-state index in [1.165, 1.54) is 51.7 Å². The quantitative estimate of drug-likeness (QED) is 0.771. The van der Waals surface area contributed by atoms with Crippen molar-refractivity contribution in [3.63, 3.8) is 0 Å². The van der Waals surface area contributed by atoms with Gasteiger partial charge in [0.15, 0.2) is 0 Å². The summed E-state index contributed by atoms with van der Waals surface area (Å²) < 4.78 is 0. The molecule has 3 aliphatic heterocycles. The van der Waals surface area contributed by atoms with E-state index in [0.29, 0.717) is 5.54 Å². The minimum Gasteiger partial charge on any atom is -0.307 e. The Hall–Kier alpha value is -0.0800. The molecule has 0 radical (unpaired) electrons. The van der Waals surface area contributed by atoms with E-state index in [2.05, 4.69) is 24.1 Å². The smallest absolute Gasteiger partial charge is 0.0312 e. The molecule has 3 aliphatic rings. The average Bonchev–Trinajstić information content (AvgIpc) is 2.74. The van der Waals surface area contributed by atoms with Crippen LogP contribution in [0.25, 0.3) is 0 Å². The van der Waals surface area contributed by atoms with Crippen LogP contribution in [0, 0.1) is 11.8 Å². The summed E-state index contributed by atoms with van der Waals surface area (Å²) in [6.45, 7) is 8.81. The third kappa shape index (κ3) is 2.02. The first-order chi connectivity index (χ1) is 7.65. The van der Waals surface area contributed by atoms with Crippen molar-refractivity contribution in [2.45, 2.75) is 57.5 Å². The first-order valence-corrected chi connectivity index (χ1v) is 7.15. The van der Waals surface area contributed by atoms with Crippen LogP contribution in [-0.4, -0.2) is 36.1 Å². The van der Waals surface area contributed by atoms with Gasteiger partial charge in [0, 0.05) is 31.2 Å². The number of likely N-dealkylation sites (tertiary alicyclic amines) is 1. The lowest BCUT2D eigenvalue weighted by atomic mass is 9.85. The highest BCUT2D eigenvalue weighted by molar-refractivity contribution is 5.06. The molecule has 3 heterocycles. The molecule has 0 aliphatic carbocycles. The van der Waals surface area contributed by atoms with Gasteiger partial charge in [0.25, 0.3) is 0 Å². The van der Waals surface area contributed by atoms with E-state index in [-0.39, 0.29) is 0 Å². The molecule has 92 valence electrons. The van der Waals surface area contributed by atoms with Crippen molar-refractivity contribution in [3.05, 3.63) is 0 Å². The molecule has 0 aromatic heterocycles. The van der Waals surface area contributed by atoms with E-state index in [9.17, 15) is 0 Å². The Morgan fingerprint density at radius 3 is 2.25 bits per heavy atom. The second kappa shape index (κ2) is 3.99. The molecule has 16 heavy (non-hydrogen) atoms. The first-order valence-electron chi connectivity index (χ1n) is 7.15. The molecule has 3 saturated heterocycles. The lowest BCUT2D eigenvalue weighted by Crippen LogP contribution is -2.51. The van der Waals surface area contributed by atoms with Gasteiger partial charge in [0.1, 0.15) is 0 Å². The maximum absolute atomic E-state index is 3.88. The van der Waals surface area contributed by atoms with Gasteiger partial charge in [-0.3, -0.25) is 0 Å². The fraction of sp³-hybridized carbons (Fsp3) is 1.00. The van der Waals surface area contributed by atoms with E-state index in [1.807, 2.05) is 0 Å². The Balaban J connectivity index is 1.61. The van der Waals surface area contributed by atoms with Gasteiger partial charge in [-0.15, -0.1) is 0 Å². The number of hydrogen-bond acceptors (Lipinski definition) is 2. The number of rotatable bonds is 2. The van der Waals surface area contributed by atoms with Crippen molar-refractivity contribution in [2.75, 3.05) is 19.6 Å². The highest BCUT2D eigenvalue weighted by atomic mass is 15.2. The lowest BCUT2D eigenvalue weighted by molar-refractivity contribution is 0.107. The second-order valence-electron chi connectivity index (χ2n) is 6.84. The van der Waals surface area contributed by atoms with Crippen molar-refractivity contribution in [2.24, 2.45) is 11.8 Å². The normalized spacial score (nSPS) is 48.8. The summed E-state index contributed by atoms with van der Waals surface area (Å²) in [5, 5.41) is 3.88. The summed E-state index contributed by atoms with van der Waals surface area (Å²) in [6.07, 6.45) is 7.14. The molecule has 1 N–H and O–H groups in total. The number of nitrogens with one attached hydrogen (secondary N) is 1. The van der Waals surface area contributed by atoms with Crippen LogP contribution in [0.15, 0.2) is 0 Å². The number of nitrogens with zero attached hydrogens (tertiary/aromatic N) is 1. The summed E-state index contributed by atoms with van der Waals surface area (Å²) in [5.74, 6) is 1.80. The van der Waals surface area contributed by atoms with Gasteiger partial charge < -0.3 is 10.2 Å². The highest BCUT2D eigenvalue weighted by Crippen LogP contribution is 2.38. The van der Waals surface area contributed by atoms with Crippen LogP contribution < -0.4 is 5.32 Å². The van der Waals surface area contributed by atoms with E-state index in [0.717, 1.165) is 17.9 Å². The highest BCUT2D eigenvalue weighted by Gasteiger charge is 2.45. The third-order valence-electron chi connectivity index (χ3n) is 4.92. The predicted octanol–water partition coefficient (Wildman–Crippen LogP) is 2.25.